The summed E-state index contributed by atoms with van der Waals surface area (Å²) in [6.45, 7) is 5.83. The Morgan fingerprint density at radius 2 is 1.95 bits per heavy atom. The van der Waals surface area contributed by atoms with Crippen LogP contribution in [0.2, 0.25) is 0 Å². The summed E-state index contributed by atoms with van der Waals surface area (Å²) in [6.07, 6.45) is 4.83. The largest absolute Gasteiger partial charge is 0.269 e. The van der Waals surface area contributed by atoms with E-state index in [0.29, 0.717) is 5.69 Å². The normalized spacial score (nSPS) is 12.0. The van der Waals surface area contributed by atoms with Gasteiger partial charge in [0.2, 0.25) is 10.0 Å². The van der Waals surface area contributed by atoms with Gasteiger partial charge >= 0.3 is 0 Å². The molecular weight excluding hydrogens is 276 g/mol. The molecule has 2 rings (SSSR count). The Kier molecular flexibility index (Phi) is 4.20. The van der Waals surface area contributed by atoms with E-state index in [2.05, 4.69) is 14.8 Å². The number of nitrogens with one attached hydrogen (secondary N) is 1. The smallest absolute Gasteiger partial charge is 0.244 e. The fraction of sp³-hybridized carbons (Fsp3) is 0.385. The molecule has 0 spiro atoms. The maximum Gasteiger partial charge on any atom is 0.244 e. The van der Waals surface area contributed by atoms with Gasteiger partial charge in [-0.1, -0.05) is 0 Å². The molecular formula is C13H18N4O2S. The van der Waals surface area contributed by atoms with Gasteiger partial charge < -0.3 is 0 Å². The van der Waals surface area contributed by atoms with Crippen LogP contribution in [-0.2, 0) is 16.6 Å². The molecule has 0 aliphatic rings. The zero-order chi connectivity index (χ0) is 14.8. The van der Waals surface area contributed by atoms with Crippen LogP contribution in [0.5, 0.6) is 0 Å². The van der Waals surface area contributed by atoms with E-state index < -0.39 is 10.0 Å². The molecule has 0 aliphatic heterocycles. The summed E-state index contributed by atoms with van der Waals surface area (Å²) < 4.78 is 28.8. The summed E-state index contributed by atoms with van der Waals surface area (Å²) in [5.74, 6) is 0. The van der Waals surface area contributed by atoms with Crippen LogP contribution < -0.4 is 4.72 Å². The van der Waals surface area contributed by atoms with Crippen molar-refractivity contribution in [3.05, 3.63) is 42.0 Å². The number of hydrogen-bond donors (Lipinski definition) is 1. The molecule has 0 aromatic carbocycles. The number of pyridine rings is 1. The first kappa shape index (κ1) is 14.7. The summed E-state index contributed by atoms with van der Waals surface area (Å²) in [6, 6.07) is 3.66. The lowest BCUT2D eigenvalue weighted by molar-refractivity contribution is 0.528. The number of aryl methyl sites for hydroxylation is 1. The minimum Gasteiger partial charge on any atom is -0.269 e. The predicted octanol–water partition coefficient (Wildman–Crippen LogP) is 1.65. The van der Waals surface area contributed by atoms with E-state index in [1.165, 1.54) is 0 Å². The highest BCUT2D eigenvalue weighted by atomic mass is 32.2. The van der Waals surface area contributed by atoms with Crippen molar-refractivity contribution in [2.24, 2.45) is 0 Å². The molecule has 0 fully saturated rings. The van der Waals surface area contributed by atoms with Gasteiger partial charge in [0, 0.05) is 31.2 Å². The Morgan fingerprint density at radius 1 is 1.30 bits per heavy atom. The Labute approximate surface area is 118 Å². The summed E-state index contributed by atoms with van der Waals surface area (Å²) in [5.41, 5.74) is 1.36. The molecule has 0 saturated carbocycles. The van der Waals surface area contributed by atoms with Crippen molar-refractivity contribution in [3.8, 4) is 0 Å². The molecule has 20 heavy (non-hydrogen) atoms. The second-order valence-corrected chi connectivity index (χ2v) is 6.57. The van der Waals surface area contributed by atoms with Gasteiger partial charge in [0.1, 0.15) is 4.90 Å². The molecule has 0 atom stereocenters. The highest BCUT2D eigenvalue weighted by Crippen LogP contribution is 2.16. The molecule has 7 heteroatoms. The maximum absolute atomic E-state index is 12.3. The van der Waals surface area contributed by atoms with Crippen LogP contribution in [-0.4, -0.2) is 23.2 Å². The quantitative estimate of drug-likeness (QED) is 0.909. The molecule has 0 amide bonds. The van der Waals surface area contributed by atoms with Crippen molar-refractivity contribution in [2.75, 3.05) is 0 Å². The van der Waals surface area contributed by atoms with Crippen LogP contribution in [0.4, 0.5) is 0 Å². The standard InChI is InChI=1S/C13H18N4O2S/c1-10(2)17-9-13(11(3)16-17)20(18,19)15-8-12-4-6-14-7-5-12/h4-7,9-10,15H,8H2,1-3H3. The average molecular weight is 294 g/mol. The maximum atomic E-state index is 12.3. The van der Waals surface area contributed by atoms with Crippen molar-refractivity contribution in [2.45, 2.75) is 38.3 Å². The van der Waals surface area contributed by atoms with Gasteiger partial charge in [0.25, 0.3) is 0 Å². The van der Waals surface area contributed by atoms with Gasteiger partial charge in [-0.3, -0.25) is 9.67 Å². The Hall–Kier alpha value is -1.73. The number of nitrogens with zero attached hydrogens (tertiary/aromatic N) is 3. The minimum absolute atomic E-state index is 0.123. The van der Waals surface area contributed by atoms with Gasteiger partial charge in [0.15, 0.2) is 0 Å². The van der Waals surface area contributed by atoms with Crippen LogP contribution in [0.3, 0.4) is 0 Å². The van der Waals surface area contributed by atoms with Crippen molar-refractivity contribution in [1.82, 2.24) is 19.5 Å². The summed E-state index contributed by atoms with van der Waals surface area (Å²) in [5, 5.41) is 4.22. The molecule has 0 radical (unpaired) electrons. The fourth-order valence-corrected chi connectivity index (χ4v) is 2.94. The Balaban J connectivity index is 2.18. The van der Waals surface area contributed by atoms with Crippen LogP contribution in [0, 0.1) is 6.92 Å². The third kappa shape index (κ3) is 3.23. The summed E-state index contributed by atoms with van der Waals surface area (Å²) in [4.78, 5) is 4.12. The molecule has 0 saturated heterocycles. The van der Waals surface area contributed by atoms with Crippen LogP contribution in [0.25, 0.3) is 0 Å². The Morgan fingerprint density at radius 3 is 2.50 bits per heavy atom. The molecule has 0 aliphatic carbocycles. The van der Waals surface area contributed by atoms with Gasteiger partial charge in [0.05, 0.1) is 5.69 Å². The van der Waals surface area contributed by atoms with E-state index in [9.17, 15) is 8.42 Å². The first-order chi connectivity index (χ1) is 9.40. The lowest BCUT2D eigenvalue weighted by Gasteiger charge is -2.05. The second kappa shape index (κ2) is 5.72. The van der Waals surface area contributed by atoms with Gasteiger partial charge in [-0.05, 0) is 38.5 Å². The second-order valence-electron chi connectivity index (χ2n) is 4.83. The molecule has 0 unspecified atom stereocenters. The summed E-state index contributed by atoms with van der Waals surface area (Å²) in [7, 11) is -3.56. The van der Waals surface area contributed by atoms with E-state index in [1.807, 2.05) is 13.8 Å². The third-order valence-electron chi connectivity index (χ3n) is 2.91. The number of aromatic nitrogens is 3. The monoisotopic (exact) mass is 294 g/mol. The van der Waals surface area contributed by atoms with Crippen LogP contribution in [0.15, 0.2) is 35.6 Å². The molecule has 6 nitrogen and oxygen atoms in total. The predicted molar refractivity (Wildman–Crippen MR) is 75.6 cm³/mol. The summed E-state index contributed by atoms with van der Waals surface area (Å²) >= 11 is 0. The van der Waals surface area contributed by atoms with Crippen molar-refractivity contribution in [3.63, 3.8) is 0 Å². The van der Waals surface area contributed by atoms with Gasteiger partial charge in [-0.2, -0.15) is 5.10 Å². The average Bonchev–Trinajstić information content (AvgIpc) is 2.81. The number of sulfonamides is 1. The fourth-order valence-electron chi connectivity index (χ4n) is 1.75. The van der Waals surface area contributed by atoms with Crippen LogP contribution in [0.1, 0.15) is 31.1 Å². The third-order valence-corrected chi connectivity index (χ3v) is 4.41. The molecule has 0 bridgehead atoms. The molecule has 2 aromatic rings. The minimum atomic E-state index is -3.56. The molecule has 2 aromatic heterocycles. The topological polar surface area (TPSA) is 76.9 Å². The van der Waals surface area contributed by atoms with E-state index in [4.69, 9.17) is 0 Å². The highest BCUT2D eigenvalue weighted by molar-refractivity contribution is 7.89. The van der Waals surface area contributed by atoms with E-state index >= 15 is 0 Å². The van der Waals surface area contributed by atoms with E-state index in [-0.39, 0.29) is 17.5 Å². The number of hydrogen-bond acceptors (Lipinski definition) is 4. The van der Waals surface area contributed by atoms with E-state index in [0.717, 1.165) is 5.56 Å². The van der Waals surface area contributed by atoms with Gasteiger partial charge in [-0.15, -0.1) is 0 Å². The first-order valence-electron chi connectivity index (χ1n) is 6.34. The molecule has 1 N–H and O–H groups in total. The van der Waals surface area contributed by atoms with Crippen LogP contribution >= 0.6 is 0 Å². The SMILES string of the molecule is Cc1nn(C(C)C)cc1S(=O)(=O)NCc1ccncc1. The van der Waals surface area contributed by atoms with Crippen molar-refractivity contribution < 1.29 is 8.42 Å². The van der Waals surface area contributed by atoms with Crippen molar-refractivity contribution >= 4 is 10.0 Å². The zero-order valence-corrected chi connectivity index (χ0v) is 12.6. The van der Waals surface area contributed by atoms with Gasteiger partial charge in [-0.25, -0.2) is 13.1 Å². The lowest BCUT2D eigenvalue weighted by Crippen LogP contribution is -2.23. The zero-order valence-electron chi connectivity index (χ0n) is 11.7. The van der Waals surface area contributed by atoms with Crippen molar-refractivity contribution in [1.29, 1.82) is 0 Å². The first-order valence-corrected chi connectivity index (χ1v) is 7.83. The van der Waals surface area contributed by atoms with E-state index in [1.54, 1.807) is 42.3 Å². The molecule has 2 heterocycles. The Bertz CT molecular complexity index is 678. The number of rotatable bonds is 5. The lowest BCUT2D eigenvalue weighted by atomic mass is 10.3. The highest BCUT2D eigenvalue weighted by Gasteiger charge is 2.20. The molecule has 108 valence electrons.